The number of para-hydroxylation sites is 1. The molecule has 0 amide bonds. The molecular formula is C24H33N. The van der Waals surface area contributed by atoms with E-state index in [-0.39, 0.29) is 7.43 Å². The average Bonchev–Trinajstić information content (AvgIpc) is 3.02. The molecule has 1 fully saturated rings. The zero-order chi connectivity index (χ0) is 17.4. The lowest BCUT2D eigenvalue weighted by molar-refractivity contribution is 0.415. The lowest BCUT2D eigenvalue weighted by atomic mass is 9.96. The first-order valence-electron chi connectivity index (χ1n) is 8.92. The highest BCUT2D eigenvalue weighted by atomic mass is 15.1. The molecule has 25 heavy (non-hydrogen) atoms. The number of anilines is 1. The van der Waals surface area contributed by atoms with Crippen molar-refractivity contribution in [1.29, 1.82) is 0 Å². The number of nitrogens with zero attached hydrogens (tertiary/aromatic N) is 1. The van der Waals surface area contributed by atoms with E-state index in [0.29, 0.717) is 0 Å². The fourth-order valence-corrected chi connectivity index (χ4v) is 3.75. The number of terminal acetylenes is 1. The van der Waals surface area contributed by atoms with Crippen LogP contribution in [0.25, 0.3) is 0 Å². The molecule has 0 aliphatic heterocycles. The lowest BCUT2D eigenvalue weighted by Crippen LogP contribution is -2.30. The maximum atomic E-state index is 4.00. The van der Waals surface area contributed by atoms with Gasteiger partial charge in [-0.3, -0.25) is 0 Å². The molecular weight excluding hydrogens is 302 g/mol. The van der Waals surface area contributed by atoms with Crippen molar-refractivity contribution < 1.29 is 0 Å². The second-order valence-electron chi connectivity index (χ2n) is 6.82. The van der Waals surface area contributed by atoms with E-state index in [1.165, 1.54) is 42.6 Å². The first-order valence-corrected chi connectivity index (χ1v) is 8.92. The van der Waals surface area contributed by atoms with Crippen molar-refractivity contribution in [3.8, 4) is 12.8 Å². The van der Waals surface area contributed by atoms with E-state index in [2.05, 4.69) is 86.2 Å². The van der Waals surface area contributed by atoms with Crippen LogP contribution in [-0.4, -0.2) is 6.54 Å². The summed E-state index contributed by atoms with van der Waals surface area (Å²) in [4.78, 5) is 2.59. The smallest absolute Gasteiger partial charge is 0.0429 e. The van der Waals surface area contributed by atoms with Crippen LogP contribution in [0.5, 0.6) is 0 Å². The van der Waals surface area contributed by atoms with Crippen LogP contribution in [0.2, 0.25) is 0 Å². The second kappa shape index (κ2) is 10.6. The van der Waals surface area contributed by atoms with Crippen molar-refractivity contribution in [3.63, 3.8) is 0 Å². The summed E-state index contributed by atoms with van der Waals surface area (Å²) < 4.78 is 0. The Bertz CT molecular complexity index is 629. The van der Waals surface area contributed by atoms with Crippen LogP contribution in [0, 0.1) is 31.6 Å². The normalized spacial score (nSPS) is 18.6. The number of aryl methyl sites for hydroxylation is 1. The van der Waals surface area contributed by atoms with Gasteiger partial charge in [0.05, 0.1) is 0 Å². The van der Waals surface area contributed by atoms with Crippen molar-refractivity contribution in [2.45, 2.75) is 47.1 Å². The standard InChI is InChI=1S/C21H27N.C2H2.CH4/c1-17-10-8-13-20(17)16-22(15-19-11-4-3-5-12-19)21-14-7-6-9-18(21)2;1-2;/h3-7,9,11-12,14,17,20H,8,10,13,15-16H2,1-2H3;1-2H;1H4. The highest BCUT2D eigenvalue weighted by molar-refractivity contribution is 5.53. The summed E-state index contributed by atoms with van der Waals surface area (Å²) in [5.41, 5.74) is 4.17. The van der Waals surface area contributed by atoms with E-state index in [1.54, 1.807) is 0 Å². The van der Waals surface area contributed by atoms with Gasteiger partial charge in [0.2, 0.25) is 0 Å². The van der Waals surface area contributed by atoms with E-state index in [4.69, 9.17) is 0 Å². The maximum Gasteiger partial charge on any atom is 0.0429 e. The summed E-state index contributed by atoms with van der Waals surface area (Å²) in [5, 5.41) is 0. The molecule has 0 saturated heterocycles. The molecule has 1 aliphatic carbocycles. The van der Waals surface area contributed by atoms with E-state index < -0.39 is 0 Å². The molecule has 1 heteroatoms. The SMILES string of the molecule is C.C#C.Cc1ccccc1N(Cc1ccccc1)CC1CCCC1C. The Labute approximate surface area is 155 Å². The molecule has 2 unspecified atom stereocenters. The summed E-state index contributed by atoms with van der Waals surface area (Å²) in [7, 11) is 0. The zero-order valence-corrected chi connectivity index (χ0v) is 15.0. The van der Waals surface area contributed by atoms with Gasteiger partial charge in [0.25, 0.3) is 0 Å². The summed E-state index contributed by atoms with van der Waals surface area (Å²) in [6.45, 7) is 6.84. The number of hydrogen-bond acceptors (Lipinski definition) is 1. The maximum absolute atomic E-state index is 4.00. The van der Waals surface area contributed by atoms with Crippen LogP contribution in [-0.2, 0) is 6.54 Å². The minimum atomic E-state index is 0. The van der Waals surface area contributed by atoms with Gasteiger partial charge < -0.3 is 4.90 Å². The number of rotatable bonds is 5. The average molecular weight is 336 g/mol. The number of benzene rings is 2. The minimum Gasteiger partial charge on any atom is -0.367 e. The van der Waals surface area contributed by atoms with Gasteiger partial charge in [0.1, 0.15) is 0 Å². The Morgan fingerprint density at radius 1 is 0.960 bits per heavy atom. The van der Waals surface area contributed by atoms with Crippen LogP contribution in [0.4, 0.5) is 5.69 Å². The molecule has 2 atom stereocenters. The molecule has 1 nitrogen and oxygen atoms in total. The zero-order valence-electron chi connectivity index (χ0n) is 15.0. The predicted molar refractivity (Wildman–Crippen MR) is 112 cm³/mol. The fourth-order valence-electron chi connectivity index (χ4n) is 3.75. The lowest BCUT2D eigenvalue weighted by Gasteiger charge is -2.31. The van der Waals surface area contributed by atoms with Gasteiger partial charge in [-0.15, -0.1) is 12.8 Å². The van der Waals surface area contributed by atoms with E-state index in [0.717, 1.165) is 18.4 Å². The van der Waals surface area contributed by atoms with Crippen molar-refractivity contribution >= 4 is 5.69 Å². The Hall–Kier alpha value is -2.20. The third kappa shape index (κ3) is 5.68. The van der Waals surface area contributed by atoms with Crippen molar-refractivity contribution in [1.82, 2.24) is 0 Å². The van der Waals surface area contributed by atoms with Crippen molar-refractivity contribution in [3.05, 3.63) is 65.7 Å². The van der Waals surface area contributed by atoms with Gasteiger partial charge in [-0.25, -0.2) is 0 Å². The third-order valence-electron chi connectivity index (χ3n) is 5.17. The Kier molecular flexibility index (Phi) is 8.86. The molecule has 0 radical (unpaired) electrons. The first-order chi connectivity index (χ1) is 11.7. The topological polar surface area (TPSA) is 3.24 Å². The van der Waals surface area contributed by atoms with Crippen LogP contribution >= 0.6 is 0 Å². The van der Waals surface area contributed by atoms with Gasteiger partial charge in [-0.05, 0) is 42.4 Å². The largest absolute Gasteiger partial charge is 0.367 e. The molecule has 0 N–H and O–H groups in total. The molecule has 0 heterocycles. The van der Waals surface area contributed by atoms with Crippen LogP contribution in [0.15, 0.2) is 54.6 Å². The van der Waals surface area contributed by atoms with Gasteiger partial charge in [0, 0.05) is 18.8 Å². The van der Waals surface area contributed by atoms with E-state index in [9.17, 15) is 0 Å². The Morgan fingerprint density at radius 3 is 2.20 bits per heavy atom. The summed E-state index contributed by atoms with van der Waals surface area (Å²) >= 11 is 0. The van der Waals surface area contributed by atoms with Crippen LogP contribution in [0.1, 0.15) is 44.7 Å². The van der Waals surface area contributed by atoms with Gasteiger partial charge >= 0.3 is 0 Å². The molecule has 0 bridgehead atoms. The summed E-state index contributed by atoms with van der Waals surface area (Å²) in [6.07, 6.45) is 12.2. The fraction of sp³-hybridized carbons (Fsp3) is 0.417. The summed E-state index contributed by atoms with van der Waals surface area (Å²) in [6, 6.07) is 19.7. The van der Waals surface area contributed by atoms with Crippen LogP contribution < -0.4 is 4.90 Å². The van der Waals surface area contributed by atoms with Crippen LogP contribution in [0.3, 0.4) is 0 Å². The molecule has 2 aromatic rings. The molecule has 0 spiro atoms. The molecule has 1 saturated carbocycles. The second-order valence-corrected chi connectivity index (χ2v) is 6.82. The first kappa shape index (κ1) is 20.8. The third-order valence-corrected chi connectivity index (χ3v) is 5.17. The molecule has 3 rings (SSSR count). The van der Waals surface area contributed by atoms with E-state index in [1.807, 2.05) is 0 Å². The van der Waals surface area contributed by atoms with Crippen molar-refractivity contribution in [2.24, 2.45) is 11.8 Å². The highest BCUT2D eigenvalue weighted by Gasteiger charge is 2.26. The van der Waals surface area contributed by atoms with Crippen molar-refractivity contribution in [2.75, 3.05) is 11.4 Å². The van der Waals surface area contributed by atoms with Gasteiger partial charge in [-0.1, -0.05) is 75.7 Å². The molecule has 2 aromatic carbocycles. The van der Waals surface area contributed by atoms with E-state index >= 15 is 0 Å². The van der Waals surface area contributed by atoms with Gasteiger partial charge in [-0.2, -0.15) is 0 Å². The quantitative estimate of drug-likeness (QED) is 0.578. The predicted octanol–water partition coefficient (Wildman–Crippen LogP) is 6.32. The monoisotopic (exact) mass is 335 g/mol. The molecule has 134 valence electrons. The minimum absolute atomic E-state index is 0. The molecule has 1 aliphatic rings. The van der Waals surface area contributed by atoms with Gasteiger partial charge in [0.15, 0.2) is 0 Å². The molecule has 0 aromatic heterocycles. The number of hydrogen-bond donors (Lipinski definition) is 0. The summed E-state index contributed by atoms with van der Waals surface area (Å²) in [5.74, 6) is 1.70. The Balaban J connectivity index is 0.00000101. The highest BCUT2D eigenvalue weighted by Crippen LogP contribution is 2.34. The Morgan fingerprint density at radius 2 is 1.60 bits per heavy atom.